The summed E-state index contributed by atoms with van der Waals surface area (Å²) in [4.78, 5) is 14.7. The van der Waals surface area contributed by atoms with Crippen molar-refractivity contribution in [2.24, 2.45) is 0 Å². The molecule has 1 aliphatic rings. The van der Waals surface area contributed by atoms with E-state index in [4.69, 9.17) is 4.74 Å². The zero-order valence-electron chi connectivity index (χ0n) is 16.5. The van der Waals surface area contributed by atoms with Crippen LogP contribution in [0.25, 0.3) is 0 Å². The van der Waals surface area contributed by atoms with Crippen molar-refractivity contribution in [2.45, 2.75) is 31.1 Å². The van der Waals surface area contributed by atoms with Gasteiger partial charge in [0.1, 0.15) is 5.75 Å². The first kappa shape index (κ1) is 20.2. The van der Waals surface area contributed by atoms with E-state index >= 15 is 0 Å². The van der Waals surface area contributed by atoms with Crippen LogP contribution in [-0.4, -0.2) is 46.5 Å². The summed E-state index contributed by atoms with van der Waals surface area (Å²) >= 11 is 0. The van der Waals surface area contributed by atoms with Crippen LogP contribution >= 0.6 is 0 Å². The fraction of sp³-hybridized carbons (Fsp3) is 0.381. The Labute approximate surface area is 166 Å². The summed E-state index contributed by atoms with van der Waals surface area (Å²) < 4.78 is 32.3. The Morgan fingerprint density at radius 2 is 1.68 bits per heavy atom. The highest BCUT2D eigenvalue weighted by molar-refractivity contribution is 7.92. The van der Waals surface area contributed by atoms with E-state index in [1.165, 1.54) is 30.6 Å². The third kappa shape index (κ3) is 3.99. The van der Waals surface area contributed by atoms with Crippen LogP contribution in [0.15, 0.2) is 47.4 Å². The van der Waals surface area contributed by atoms with E-state index in [0.717, 1.165) is 37.9 Å². The maximum Gasteiger partial charge on any atom is 0.264 e. The van der Waals surface area contributed by atoms with Crippen molar-refractivity contribution in [1.29, 1.82) is 0 Å². The number of benzene rings is 2. The Morgan fingerprint density at radius 3 is 2.25 bits per heavy atom. The number of rotatable bonds is 5. The smallest absolute Gasteiger partial charge is 0.264 e. The average molecular weight is 403 g/mol. The van der Waals surface area contributed by atoms with Crippen LogP contribution < -0.4 is 9.04 Å². The first-order valence-corrected chi connectivity index (χ1v) is 10.8. The van der Waals surface area contributed by atoms with Crippen molar-refractivity contribution in [3.05, 3.63) is 53.6 Å². The number of ether oxygens (including phenoxy) is 1. The maximum absolute atomic E-state index is 13.0. The van der Waals surface area contributed by atoms with Gasteiger partial charge in [-0.1, -0.05) is 0 Å². The molecule has 1 heterocycles. The number of carbonyl (C=O) groups excluding carboxylic acids is 1. The Hall–Kier alpha value is -2.54. The molecule has 0 saturated carbocycles. The van der Waals surface area contributed by atoms with Crippen LogP contribution in [0.3, 0.4) is 0 Å². The SMILES string of the molecule is COc1ccc(S(=O)(=O)N(C)c2ccc(C(=O)N3CCCCC3)cc2C)cc1. The van der Waals surface area contributed by atoms with E-state index in [0.29, 0.717) is 17.0 Å². The summed E-state index contributed by atoms with van der Waals surface area (Å²) in [7, 11) is -0.655. The minimum atomic E-state index is -3.71. The number of piperidine rings is 1. The number of hydrogen-bond acceptors (Lipinski definition) is 4. The minimum Gasteiger partial charge on any atom is -0.497 e. The van der Waals surface area contributed by atoms with E-state index in [2.05, 4.69) is 0 Å². The largest absolute Gasteiger partial charge is 0.497 e. The standard InChI is InChI=1S/C21H26N2O4S/c1-16-15-17(21(24)23-13-5-4-6-14-23)7-12-20(16)22(2)28(25,26)19-10-8-18(27-3)9-11-19/h7-12,15H,4-6,13-14H2,1-3H3. The van der Waals surface area contributed by atoms with Crippen molar-refractivity contribution in [3.63, 3.8) is 0 Å². The van der Waals surface area contributed by atoms with Crippen LogP contribution in [0.2, 0.25) is 0 Å². The van der Waals surface area contributed by atoms with Gasteiger partial charge in [0.15, 0.2) is 0 Å². The first-order chi connectivity index (χ1) is 13.3. The number of methoxy groups -OCH3 is 1. The molecule has 3 rings (SSSR count). The van der Waals surface area contributed by atoms with E-state index in [9.17, 15) is 13.2 Å². The molecule has 28 heavy (non-hydrogen) atoms. The Kier molecular flexibility index (Phi) is 5.93. The molecule has 2 aromatic rings. The monoisotopic (exact) mass is 402 g/mol. The summed E-state index contributed by atoms with van der Waals surface area (Å²) in [5.74, 6) is 0.605. The van der Waals surface area contributed by atoms with Crippen LogP contribution in [0.1, 0.15) is 35.2 Å². The molecule has 0 atom stereocenters. The van der Waals surface area contributed by atoms with Gasteiger partial charge in [-0.2, -0.15) is 0 Å². The molecule has 0 aliphatic carbocycles. The summed E-state index contributed by atoms with van der Waals surface area (Å²) in [5, 5.41) is 0. The highest BCUT2D eigenvalue weighted by Crippen LogP contribution is 2.27. The molecular weight excluding hydrogens is 376 g/mol. The zero-order chi connectivity index (χ0) is 20.3. The van der Waals surface area contributed by atoms with Crippen molar-refractivity contribution in [1.82, 2.24) is 4.90 Å². The van der Waals surface area contributed by atoms with Gasteiger partial charge in [0.2, 0.25) is 0 Å². The number of carbonyl (C=O) groups is 1. The highest BCUT2D eigenvalue weighted by Gasteiger charge is 2.24. The van der Waals surface area contributed by atoms with Gasteiger partial charge in [-0.05, 0) is 74.2 Å². The zero-order valence-corrected chi connectivity index (χ0v) is 17.3. The van der Waals surface area contributed by atoms with Gasteiger partial charge in [0, 0.05) is 25.7 Å². The lowest BCUT2D eigenvalue weighted by Gasteiger charge is -2.27. The average Bonchev–Trinajstić information content (AvgIpc) is 2.73. The van der Waals surface area contributed by atoms with Crippen LogP contribution in [0.5, 0.6) is 5.75 Å². The third-order valence-electron chi connectivity index (χ3n) is 5.14. The Morgan fingerprint density at radius 1 is 1.04 bits per heavy atom. The Balaban J connectivity index is 1.85. The van der Waals surface area contributed by atoms with Gasteiger partial charge in [-0.3, -0.25) is 9.10 Å². The lowest BCUT2D eigenvalue weighted by Crippen LogP contribution is -2.35. The predicted molar refractivity (Wildman–Crippen MR) is 110 cm³/mol. The normalized spacial score (nSPS) is 14.6. The topological polar surface area (TPSA) is 66.9 Å². The van der Waals surface area contributed by atoms with Gasteiger partial charge in [0.25, 0.3) is 15.9 Å². The molecular formula is C21H26N2O4S. The third-order valence-corrected chi connectivity index (χ3v) is 6.93. The summed E-state index contributed by atoms with van der Waals surface area (Å²) in [6, 6.07) is 11.5. The van der Waals surface area contributed by atoms with Gasteiger partial charge in [-0.15, -0.1) is 0 Å². The number of sulfonamides is 1. The van der Waals surface area contributed by atoms with E-state index < -0.39 is 10.0 Å². The molecule has 2 aromatic carbocycles. The fourth-order valence-electron chi connectivity index (χ4n) is 3.46. The predicted octanol–water partition coefficient (Wildman–Crippen LogP) is 3.45. The first-order valence-electron chi connectivity index (χ1n) is 9.37. The number of anilines is 1. The van der Waals surface area contributed by atoms with E-state index in [1.807, 2.05) is 11.8 Å². The molecule has 1 saturated heterocycles. The molecule has 6 nitrogen and oxygen atoms in total. The van der Waals surface area contributed by atoms with Gasteiger partial charge in [0.05, 0.1) is 17.7 Å². The number of likely N-dealkylation sites (tertiary alicyclic amines) is 1. The molecule has 7 heteroatoms. The number of aryl methyl sites for hydroxylation is 1. The molecule has 0 unspecified atom stereocenters. The number of nitrogens with zero attached hydrogens (tertiary/aromatic N) is 2. The second-order valence-electron chi connectivity index (χ2n) is 7.00. The molecule has 0 radical (unpaired) electrons. The van der Waals surface area contributed by atoms with Gasteiger partial charge < -0.3 is 9.64 Å². The van der Waals surface area contributed by atoms with E-state index in [1.54, 1.807) is 30.3 Å². The second kappa shape index (κ2) is 8.22. The van der Waals surface area contributed by atoms with Crippen LogP contribution in [0.4, 0.5) is 5.69 Å². The van der Waals surface area contributed by atoms with Gasteiger partial charge >= 0.3 is 0 Å². The lowest BCUT2D eigenvalue weighted by molar-refractivity contribution is 0.0724. The quantitative estimate of drug-likeness (QED) is 0.768. The lowest BCUT2D eigenvalue weighted by atomic mass is 10.1. The number of hydrogen-bond donors (Lipinski definition) is 0. The summed E-state index contributed by atoms with van der Waals surface area (Å²) in [6.45, 7) is 3.39. The second-order valence-corrected chi connectivity index (χ2v) is 8.97. The van der Waals surface area contributed by atoms with Crippen molar-refractivity contribution in [3.8, 4) is 5.75 Å². The van der Waals surface area contributed by atoms with Crippen LogP contribution in [0, 0.1) is 6.92 Å². The fourth-order valence-corrected chi connectivity index (χ4v) is 4.72. The molecule has 0 bridgehead atoms. The molecule has 1 aliphatic heterocycles. The van der Waals surface area contributed by atoms with Crippen molar-refractivity contribution >= 4 is 21.6 Å². The molecule has 1 amide bonds. The summed E-state index contributed by atoms with van der Waals surface area (Å²) in [5.41, 5.74) is 1.88. The van der Waals surface area contributed by atoms with Crippen LogP contribution in [-0.2, 0) is 10.0 Å². The number of amides is 1. The molecule has 0 spiro atoms. The maximum atomic E-state index is 13.0. The minimum absolute atomic E-state index is 0.00927. The highest BCUT2D eigenvalue weighted by atomic mass is 32.2. The Bertz CT molecular complexity index is 949. The molecule has 150 valence electrons. The van der Waals surface area contributed by atoms with Crippen molar-refractivity contribution in [2.75, 3.05) is 31.6 Å². The molecule has 0 N–H and O–H groups in total. The van der Waals surface area contributed by atoms with Crippen molar-refractivity contribution < 1.29 is 17.9 Å². The molecule has 0 aromatic heterocycles. The van der Waals surface area contributed by atoms with E-state index in [-0.39, 0.29) is 10.8 Å². The summed E-state index contributed by atoms with van der Waals surface area (Å²) in [6.07, 6.45) is 3.23. The van der Waals surface area contributed by atoms with Gasteiger partial charge in [-0.25, -0.2) is 8.42 Å². The molecule has 1 fully saturated rings.